The third-order valence-corrected chi connectivity index (χ3v) is 3.22. The molecule has 0 aliphatic carbocycles. The number of ether oxygens (including phenoxy) is 1. The quantitative estimate of drug-likeness (QED) is 0.628. The van der Waals surface area contributed by atoms with Crippen LogP contribution in [0.1, 0.15) is 17.4 Å². The van der Waals surface area contributed by atoms with E-state index < -0.39 is 5.97 Å². The van der Waals surface area contributed by atoms with Gasteiger partial charge in [-0.2, -0.15) is 0 Å². The van der Waals surface area contributed by atoms with Crippen LogP contribution >= 0.6 is 11.8 Å². The molecule has 0 unspecified atom stereocenters. The number of carbonyl (C=O) groups is 1. The van der Waals surface area contributed by atoms with Crippen LogP contribution in [0.4, 0.5) is 0 Å². The van der Waals surface area contributed by atoms with Gasteiger partial charge < -0.3 is 9.30 Å². The second-order valence-corrected chi connectivity index (χ2v) is 4.41. The Morgan fingerprint density at radius 1 is 1.44 bits per heavy atom. The lowest BCUT2D eigenvalue weighted by molar-refractivity contribution is 0.0520. The fourth-order valence-electron chi connectivity index (χ4n) is 1.61. The number of imidazole rings is 1. The SMILES string of the molecule is CCOC(=O)c1cn(-c2ccccc2SC)cn1. The highest BCUT2D eigenvalue weighted by molar-refractivity contribution is 7.98. The van der Waals surface area contributed by atoms with E-state index in [2.05, 4.69) is 4.98 Å². The van der Waals surface area contributed by atoms with Crippen molar-refractivity contribution in [3.63, 3.8) is 0 Å². The van der Waals surface area contributed by atoms with E-state index in [-0.39, 0.29) is 0 Å². The maximum Gasteiger partial charge on any atom is 0.358 e. The van der Waals surface area contributed by atoms with Crippen molar-refractivity contribution in [1.29, 1.82) is 0 Å². The summed E-state index contributed by atoms with van der Waals surface area (Å²) in [7, 11) is 0. The van der Waals surface area contributed by atoms with E-state index in [0.29, 0.717) is 12.3 Å². The highest BCUT2D eigenvalue weighted by atomic mass is 32.2. The normalized spacial score (nSPS) is 10.3. The van der Waals surface area contributed by atoms with Gasteiger partial charge >= 0.3 is 5.97 Å². The smallest absolute Gasteiger partial charge is 0.358 e. The van der Waals surface area contributed by atoms with Gasteiger partial charge in [-0.25, -0.2) is 9.78 Å². The third kappa shape index (κ3) is 2.56. The van der Waals surface area contributed by atoms with Gasteiger partial charge in [-0.15, -0.1) is 11.8 Å². The number of esters is 1. The maximum absolute atomic E-state index is 11.5. The van der Waals surface area contributed by atoms with Crippen LogP contribution in [-0.4, -0.2) is 28.4 Å². The number of nitrogens with zero attached hydrogens (tertiary/aromatic N) is 2. The lowest BCUT2D eigenvalue weighted by Crippen LogP contribution is -2.04. The van der Waals surface area contributed by atoms with Gasteiger partial charge in [0.1, 0.15) is 6.33 Å². The molecule has 0 aliphatic rings. The fourth-order valence-corrected chi connectivity index (χ4v) is 2.21. The lowest BCUT2D eigenvalue weighted by atomic mass is 10.3. The Kier molecular flexibility index (Phi) is 4.04. The van der Waals surface area contributed by atoms with E-state index >= 15 is 0 Å². The molecule has 0 aliphatic heterocycles. The van der Waals surface area contributed by atoms with Crippen molar-refractivity contribution < 1.29 is 9.53 Å². The average molecular weight is 262 g/mol. The van der Waals surface area contributed by atoms with Gasteiger partial charge in [-0.3, -0.25) is 0 Å². The molecule has 0 radical (unpaired) electrons. The van der Waals surface area contributed by atoms with Crippen molar-refractivity contribution in [2.45, 2.75) is 11.8 Å². The molecule has 0 bridgehead atoms. The first-order valence-corrected chi connectivity index (χ1v) is 6.83. The molecule has 0 saturated carbocycles. The Balaban J connectivity index is 2.32. The first kappa shape index (κ1) is 12.7. The summed E-state index contributed by atoms with van der Waals surface area (Å²) in [6.45, 7) is 2.13. The van der Waals surface area contributed by atoms with Crippen LogP contribution in [0, 0.1) is 0 Å². The zero-order valence-electron chi connectivity index (χ0n) is 10.3. The molecule has 2 aromatic rings. The third-order valence-electron chi connectivity index (χ3n) is 2.43. The monoisotopic (exact) mass is 262 g/mol. The lowest BCUT2D eigenvalue weighted by Gasteiger charge is -2.06. The predicted molar refractivity (Wildman–Crippen MR) is 71.3 cm³/mol. The number of hydrogen-bond acceptors (Lipinski definition) is 4. The molecule has 4 nitrogen and oxygen atoms in total. The summed E-state index contributed by atoms with van der Waals surface area (Å²) in [5.41, 5.74) is 1.33. The molecule has 18 heavy (non-hydrogen) atoms. The van der Waals surface area contributed by atoms with Gasteiger partial charge in [0.05, 0.1) is 12.3 Å². The van der Waals surface area contributed by atoms with E-state index in [1.54, 1.807) is 31.2 Å². The predicted octanol–water partition coefficient (Wildman–Crippen LogP) is 2.77. The summed E-state index contributed by atoms with van der Waals surface area (Å²) in [6, 6.07) is 7.96. The molecule has 0 spiro atoms. The minimum absolute atomic E-state index is 0.327. The zero-order valence-corrected chi connectivity index (χ0v) is 11.1. The first-order chi connectivity index (χ1) is 8.76. The van der Waals surface area contributed by atoms with Crippen molar-refractivity contribution in [2.75, 3.05) is 12.9 Å². The molecule has 0 amide bonds. The molecular formula is C13H14N2O2S. The minimum atomic E-state index is -0.391. The zero-order chi connectivity index (χ0) is 13.0. The summed E-state index contributed by atoms with van der Waals surface area (Å²) in [6.07, 6.45) is 5.33. The summed E-state index contributed by atoms with van der Waals surface area (Å²) < 4.78 is 6.75. The van der Waals surface area contributed by atoms with Gasteiger partial charge in [0, 0.05) is 11.1 Å². The Morgan fingerprint density at radius 3 is 2.94 bits per heavy atom. The summed E-state index contributed by atoms with van der Waals surface area (Å²) in [5.74, 6) is -0.391. The molecular weight excluding hydrogens is 248 g/mol. The first-order valence-electron chi connectivity index (χ1n) is 5.60. The average Bonchev–Trinajstić information content (AvgIpc) is 2.88. The minimum Gasteiger partial charge on any atom is -0.461 e. The molecule has 94 valence electrons. The molecule has 5 heteroatoms. The number of aromatic nitrogens is 2. The molecule has 2 rings (SSSR count). The second kappa shape index (κ2) is 5.73. The molecule has 0 fully saturated rings. The highest BCUT2D eigenvalue weighted by Crippen LogP contribution is 2.23. The molecule has 1 heterocycles. The number of thioether (sulfide) groups is 1. The van der Waals surface area contributed by atoms with Gasteiger partial charge in [0.2, 0.25) is 0 Å². The van der Waals surface area contributed by atoms with Gasteiger partial charge in [-0.05, 0) is 25.3 Å². The fraction of sp³-hybridized carbons (Fsp3) is 0.231. The highest BCUT2D eigenvalue weighted by Gasteiger charge is 2.11. The second-order valence-electron chi connectivity index (χ2n) is 3.56. The number of rotatable bonds is 4. The van der Waals surface area contributed by atoms with Crippen molar-refractivity contribution in [3.05, 3.63) is 42.5 Å². The Labute approximate surface area is 110 Å². The molecule has 0 saturated heterocycles. The largest absolute Gasteiger partial charge is 0.461 e. The Bertz CT molecular complexity index is 551. The van der Waals surface area contributed by atoms with Crippen LogP contribution < -0.4 is 0 Å². The molecule has 0 atom stereocenters. The van der Waals surface area contributed by atoms with Gasteiger partial charge in [0.25, 0.3) is 0 Å². The number of carbonyl (C=O) groups excluding carboxylic acids is 1. The molecule has 1 aromatic heterocycles. The van der Waals surface area contributed by atoms with Crippen LogP contribution in [0.25, 0.3) is 5.69 Å². The van der Waals surface area contributed by atoms with Crippen LogP contribution in [0.3, 0.4) is 0 Å². The Hall–Kier alpha value is -1.75. The molecule has 0 N–H and O–H groups in total. The summed E-state index contributed by atoms with van der Waals surface area (Å²) in [4.78, 5) is 16.7. The Morgan fingerprint density at radius 2 is 2.22 bits per heavy atom. The number of para-hydroxylation sites is 1. The van der Waals surface area contributed by atoms with Gasteiger partial charge in [-0.1, -0.05) is 12.1 Å². The standard InChI is InChI=1S/C13H14N2O2S/c1-3-17-13(16)10-8-15(9-14-10)11-6-4-5-7-12(11)18-2/h4-9H,3H2,1-2H3. The van der Waals surface area contributed by atoms with Crippen LogP contribution in [0.15, 0.2) is 41.7 Å². The van der Waals surface area contributed by atoms with E-state index in [1.807, 2.05) is 35.1 Å². The van der Waals surface area contributed by atoms with Crippen LogP contribution in [0.5, 0.6) is 0 Å². The summed E-state index contributed by atoms with van der Waals surface area (Å²) >= 11 is 1.65. The summed E-state index contributed by atoms with van der Waals surface area (Å²) in [5, 5.41) is 0. The topological polar surface area (TPSA) is 44.1 Å². The maximum atomic E-state index is 11.5. The van der Waals surface area contributed by atoms with Gasteiger partial charge in [0.15, 0.2) is 5.69 Å². The van der Waals surface area contributed by atoms with Crippen molar-refractivity contribution in [3.8, 4) is 5.69 Å². The molecule has 1 aromatic carbocycles. The van der Waals surface area contributed by atoms with Crippen LogP contribution in [0.2, 0.25) is 0 Å². The van der Waals surface area contributed by atoms with Crippen molar-refractivity contribution >= 4 is 17.7 Å². The van der Waals surface area contributed by atoms with Crippen LogP contribution in [-0.2, 0) is 4.74 Å². The van der Waals surface area contributed by atoms with E-state index in [1.165, 1.54) is 0 Å². The van der Waals surface area contributed by atoms with Crippen molar-refractivity contribution in [1.82, 2.24) is 9.55 Å². The number of hydrogen-bond donors (Lipinski definition) is 0. The van der Waals surface area contributed by atoms with E-state index in [9.17, 15) is 4.79 Å². The van der Waals surface area contributed by atoms with E-state index in [0.717, 1.165) is 10.6 Å². The van der Waals surface area contributed by atoms with Crippen molar-refractivity contribution in [2.24, 2.45) is 0 Å². The number of benzene rings is 1. The van der Waals surface area contributed by atoms with E-state index in [4.69, 9.17) is 4.74 Å².